The van der Waals surface area contributed by atoms with E-state index in [-0.39, 0.29) is 11.7 Å². The number of piperidine rings is 1. The molecule has 1 fully saturated rings. The number of rotatable bonds is 4. The van der Waals surface area contributed by atoms with Gasteiger partial charge in [-0.2, -0.15) is 0 Å². The van der Waals surface area contributed by atoms with Crippen molar-refractivity contribution in [2.24, 2.45) is 0 Å². The molecule has 0 amide bonds. The fourth-order valence-corrected chi connectivity index (χ4v) is 3.15. The number of aromatic amines is 2. The molecule has 2 heterocycles. The molecule has 1 aromatic heterocycles. The zero-order valence-electron chi connectivity index (χ0n) is 12.8. The predicted molar refractivity (Wildman–Crippen MR) is 85.6 cm³/mol. The molecule has 3 rings (SSSR count). The van der Waals surface area contributed by atoms with E-state index >= 15 is 0 Å². The first-order valence-corrected chi connectivity index (χ1v) is 7.79. The molecule has 3 N–H and O–H groups in total. The molecule has 1 saturated heterocycles. The van der Waals surface area contributed by atoms with Gasteiger partial charge in [0.25, 0.3) is 0 Å². The Hall–Kier alpha value is -1.59. The molecule has 0 spiro atoms. The summed E-state index contributed by atoms with van der Waals surface area (Å²) in [4.78, 5) is 19.4. The van der Waals surface area contributed by atoms with E-state index in [1.165, 1.54) is 31.4 Å². The summed E-state index contributed by atoms with van der Waals surface area (Å²) in [6, 6.07) is 7.01. The maximum Gasteiger partial charge on any atom is 0.323 e. The van der Waals surface area contributed by atoms with Gasteiger partial charge in [0.15, 0.2) is 0 Å². The molecule has 1 aromatic carbocycles. The number of hydrogen-bond acceptors (Lipinski definition) is 3. The first kappa shape index (κ1) is 14.4. The number of aromatic nitrogens is 2. The number of nitrogens with one attached hydrogen (secondary N) is 3. The highest BCUT2D eigenvalue weighted by atomic mass is 16.1. The average Bonchev–Trinajstić information content (AvgIpc) is 2.85. The predicted octanol–water partition coefficient (Wildman–Crippen LogP) is 1.99. The van der Waals surface area contributed by atoms with Gasteiger partial charge in [-0.3, -0.25) is 0 Å². The van der Waals surface area contributed by atoms with Crippen LogP contribution in [0, 0.1) is 0 Å². The maximum atomic E-state index is 11.3. The second kappa shape index (κ2) is 6.03. The molecule has 0 aliphatic carbocycles. The van der Waals surface area contributed by atoms with Crippen LogP contribution in [0.15, 0.2) is 23.0 Å². The van der Waals surface area contributed by atoms with Crippen LogP contribution >= 0.6 is 0 Å². The molecular formula is C16H24N4O. The Morgan fingerprint density at radius 3 is 2.95 bits per heavy atom. The third-order valence-electron chi connectivity index (χ3n) is 4.62. The van der Waals surface area contributed by atoms with Crippen LogP contribution in [0.1, 0.15) is 37.8 Å². The van der Waals surface area contributed by atoms with Gasteiger partial charge >= 0.3 is 5.69 Å². The lowest BCUT2D eigenvalue weighted by molar-refractivity contribution is 0.178. The van der Waals surface area contributed by atoms with Crippen LogP contribution < -0.4 is 11.0 Å². The summed E-state index contributed by atoms with van der Waals surface area (Å²) >= 11 is 0. The quantitative estimate of drug-likeness (QED) is 0.806. The molecule has 21 heavy (non-hydrogen) atoms. The van der Waals surface area contributed by atoms with Gasteiger partial charge in [-0.15, -0.1) is 0 Å². The molecule has 114 valence electrons. The number of hydrogen-bond donors (Lipinski definition) is 3. The van der Waals surface area contributed by atoms with Gasteiger partial charge in [0, 0.05) is 18.6 Å². The van der Waals surface area contributed by atoms with E-state index in [0.717, 1.165) is 17.6 Å². The molecule has 1 aliphatic heterocycles. The zero-order valence-corrected chi connectivity index (χ0v) is 12.8. The van der Waals surface area contributed by atoms with Crippen LogP contribution in [0.2, 0.25) is 0 Å². The second-order valence-corrected chi connectivity index (χ2v) is 6.14. The summed E-state index contributed by atoms with van der Waals surface area (Å²) in [5.74, 6) is 0. The average molecular weight is 288 g/mol. The smallest absolute Gasteiger partial charge is 0.309 e. The van der Waals surface area contributed by atoms with Crippen molar-refractivity contribution in [1.29, 1.82) is 0 Å². The molecule has 2 aromatic rings. The molecule has 1 aliphatic rings. The van der Waals surface area contributed by atoms with Crippen molar-refractivity contribution in [3.63, 3.8) is 0 Å². The maximum absolute atomic E-state index is 11.3. The van der Waals surface area contributed by atoms with Gasteiger partial charge in [-0.25, -0.2) is 4.79 Å². The van der Waals surface area contributed by atoms with E-state index in [2.05, 4.69) is 46.3 Å². The zero-order chi connectivity index (χ0) is 14.8. The Morgan fingerprint density at radius 2 is 2.14 bits per heavy atom. The molecule has 0 bridgehead atoms. The van der Waals surface area contributed by atoms with Crippen molar-refractivity contribution in [1.82, 2.24) is 20.2 Å². The van der Waals surface area contributed by atoms with Crippen LogP contribution in [0.25, 0.3) is 11.0 Å². The number of likely N-dealkylation sites (tertiary alicyclic amines) is 1. The van der Waals surface area contributed by atoms with Crippen molar-refractivity contribution in [2.75, 3.05) is 20.1 Å². The summed E-state index contributed by atoms with van der Waals surface area (Å²) in [5.41, 5.74) is 2.80. The SMILES string of the molecule is CC(NCC1CCCCN1C)c1ccc2[nH]c(=O)[nH]c2c1. The Labute approximate surface area is 124 Å². The van der Waals surface area contributed by atoms with Gasteiger partial charge in [0.1, 0.15) is 0 Å². The largest absolute Gasteiger partial charge is 0.323 e. The van der Waals surface area contributed by atoms with E-state index in [1.54, 1.807) is 0 Å². The van der Waals surface area contributed by atoms with E-state index in [1.807, 2.05) is 6.07 Å². The molecular weight excluding hydrogens is 264 g/mol. The summed E-state index contributed by atoms with van der Waals surface area (Å²) in [6.45, 7) is 4.39. The van der Waals surface area contributed by atoms with E-state index in [4.69, 9.17) is 0 Å². The van der Waals surface area contributed by atoms with Crippen molar-refractivity contribution < 1.29 is 0 Å². The monoisotopic (exact) mass is 288 g/mol. The van der Waals surface area contributed by atoms with Crippen LogP contribution in [0.3, 0.4) is 0 Å². The van der Waals surface area contributed by atoms with Crippen molar-refractivity contribution in [3.05, 3.63) is 34.2 Å². The molecule has 2 atom stereocenters. The second-order valence-electron chi connectivity index (χ2n) is 6.14. The molecule has 0 radical (unpaired) electrons. The van der Waals surface area contributed by atoms with Crippen LogP contribution in [0.4, 0.5) is 0 Å². The van der Waals surface area contributed by atoms with Gasteiger partial charge in [0.05, 0.1) is 11.0 Å². The summed E-state index contributed by atoms with van der Waals surface area (Å²) in [6.07, 6.45) is 3.93. The Balaban J connectivity index is 1.65. The number of H-pyrrole nitrogens is 2. The summed E-state index contributed by atoms with van der Waals surface area (Å²) in [5, 5.41) is 3.63. The van der Waals surface area contributed by atoms with Gasteiger partial charge in [0.2, 0.25) is 0 Å². The first-order chi connectivity index (χ1) is 10.1. The number of likely N-dealkylation sites (N-methyl/N-ethyl adjacent to an activating group) is 1. The molecule has 0 saturated carbocycles. The van der Waals surface area contributed by atoms with E-state index in [9.17, 15) is 4.79 Å². The minimum absolute atomic E-state index is 0.147. The van der Waals surface area contributed by atoms with Crippen molar-refractivity contribution >= 4 is 11.0 Å². The van der Waals surface area contributed by atoms with Gasteiger partial charge in [-0.1, -0.05) is 12.5 Å². The minimum atomic E-state index is -0.147. The first-order valence-electron chi connectivity index (χ1n) is 7.79. The Bertz CT molecular complexity index is 660. The lowest BCUT2D eigenvalue weighted by Crippen LogP contribution is -2.43. The normalized spacial score (nSPS) is 21.7. The standard InChI is InChI=1S/C16H24N4O/c1-11(17-10-13-5-3-4-8-20(13)2)12-6-7-14-15(9-12)19-16(21)18-14/h6-7,9,11,13,17H,3-5,8,10H2,1-2H3,(H2,18,19,21). The van der Waals surface area contributed by atoms with Gasteiger partial charge in [-0.05, 0) is 51.1 Å². The summed E-state index contributed by atoms with van der Waals surface area (Å²) in [7, 11) is 2.22. The third kappa shape index (κ3) is 3.19. The van der Waals surface area contributed by atoms with Crippen LogP contribution in [-0.2, 0) is 0 Å². The lowest BCUT2D eigenvalue weighted by Gasteiger charge is -2.33. The Morgan fingerprint density at radius 1 is 1.33 bits per heavy atom. The number of nitrogens with zero attached hydrogens (tertiary/aromatic N) is 1. The highest BCUT2D eigenvalue weighted by molar-refractivity contribution is 5.75. The molecule has 2 unspecified atom stereocenters. The number of fused-ring (bicyclic) bond motifs is 1. The van der Waals surface area contributed by atoms with Crippen LogP contribution in [-0.4, -0.2) is 41.0 Å². The summed E-state index contributed by atoms with van der Waals surface area (Å²) < 4.78 is 0. The third-order valence-corrected chi connectivity index (χ3v) is 4.62. The van der Waals surface area contributed by atoms with E-state index < -0.39 is 0 Å². The lowest BCUT2D eigenvalue weighted by atomic mass is 10.0. The highest BCUT2D eigenvalue weighted by Gasteiger charge is 2.19. The fourth-order valence-electron chi connectivity index (χ4n) is 3.15. The number of imidazole rings is 1. The topological polar surface area (TPSA) is 63.9 Å². The van der Waals surface area contributed by atoms with Crippen LogP contribution in [0.5, 0.6) is 0 Å². The Kier molecular flexibility index (Phi) is 4.12. The fraction of sp³-hybridized carbons (Fsp3) is 0.562. The van der Waals surface area contributed by atoms with Gasteiger partial charge < -0.3 is 20.2 Å². The molecule has 5 nitrogen and oxygen atoms in total. The minimum Gasteiger partial charge on any atom is -0.309 e. The van der Waals surface area contributed by atoms with Crippen molar-refractivity contribution in [3.8, 4) is 0 Å². The highest BCUT2D eigenvalue weighted by Crippen LogP contribution is 2.19. The molecule has 5 heteroatoms. The van der Waals surface area contributed by atoms with E-state index in [0.29, 0.717) is 6.04 Å². The van der Waals surface area contributed by atoms with Crippen molar-refractivity contribution in [2.45, 2.75) is 38.3 Å². The number of benzene rings is 1.